The number of carbonyl (C=O) groups excluding carboxylic acids is 2. The highest BCUT2D eigenvalue weighted by Gasteiger charge is 2.28. The second kappa shape index (κ2) is 8.25. The van der Waals surface area contributed by atoms with Crippen molar-refractivity contribution in [3.05, 3.63) is 76.9 Å². The van der Waals surface area contributed by atoms with Crippen LogP contribution >= 0.6 is 0 Å². The van der Waals surface area contributed by atoms with E-state index < -0.39 is 11.6 Å². The number of Topliss-reactive ketones (excluding diaryl/α,β-unsaturated/α-hetero) is 1. The van der Waals surface area contributed by atoms with Crippen molar-refractivity contribution >= 4 is 17.8 Å². The summed E-state index contributed by atoms with van der Waals surface area (Å²) in [5.41, 5.74) is 2.00. The van der Waals surface area contributed by atoms with Crippen molar-refractivity contribution in [1.29, 1.82) is 0 Å². The Morgan fingerprint density at radius 3 is 2.44 bits per heavy atom. The second-order valence-electron chi connectivity index (χ2n) is 6.78. The van der Waals surface area contributed by atoms with Gasteiger partial charge in [-0.25, -0.2) is 8.78 Å². The third-order valence-electron chi connectivity index (χ3n) is 4.97. The standard InChI is InChI=1S/C22H21F2NO2/c1-15-4-2-3-5-16(15)6-9-21(26)25-12-10-17(11-13-25)22(27)19-8-7-18(23)14-20(19)24/h2-9,14,17H,10-13H2,1H3. The number of amides is 1. The Labute approximate surface area is 157 Å². The van der Waals surface area contributed by atoms with Gasteiger partial charge in [0.15, 0.2) is 5.78 Å². The Balaban J connectivity index is 1.59. The molecule has 0 N–H and O–H groups in total. The van der Waals surface area contributed by atoms with Crippen LogP contribution in [0.4, 0.5) is 8.78 Å². The highest BCUT2D eigenvalue weighted by Crippen LogP contribution is 2.24. The van der Waals surface area contributed by atoms with Crippen molar-refractivity contribution in [1.82, 2.24) is 4.90 Å². The van der Waals surface area contributed by atoms with Gasteiger partial charge in [-0.15, -0.1) is 0 Å². The molecule has 0 bridgehead atoms. The van der Waals surface area contributed by atoms with E-state index in [0.29, 0.717) is 25.9 Å². The zero-order valence-electron chi connectivity index (χ0n) is 15.1. The van der Waals surface area contributed by atoms with Crippen LogP contribution < -0.4 is 0 Å². The molecule has 3 nitrogen and oxygen atoms in total. The van der Waals surface area contributed by atoms with Crippen molar-refractivity contribution in [2.75, 3.05) is 13.1 Å². The van der Waals surface area contributed by atoms with Crippen LogP contribution in [-0.2, 0) is 4.79 Å². The summed E-state index contributed by atoms with van der Waals surface area (Å²) < 4.78 is 26.8. The molecule has 140 valence electrons. The number of carbonyl (C=O) groups is 2. The van der Waals surface area contributed by atoms with Crippen LogP contribution in [-0.4, -0.2) is 29.7 Å². The van der Waals surface area contributed by atoms with Gasteiger partial charge in [0.1, 0.15) is 11.6 Å². The number of rotatable bonds is 4. The molecule has 2 aromatic carbocycles. The Kier molecular flexibility index (Phi) is 5.79. The molecule has 1 aliphatic rings. The molecule has 1 heterocycles. The number of halogens is 2. The average molecular weight is 369 g/mol. The average Bonchev–Trinajstić information content (AvgIpc) is 2.67. The van der Waals surface area contributed by atoms with E-state index in [-0.39, 0.29) is 23.2 Å². The van der Waals surface area contributed by atoms with Crippen molar-refractivity contribution in [3.8, 4) is 0 Å². The topological polar surface area (TPSA) is 37.4 Å². The molecule has 1 fully saturated rings. The van der Waals surface area contributed by atoms with Gasteiger partial charge < -0.3 is 4.90 Å². The van der Waals surface area contributed by atoms with Crippen molar-refractivity contribution in [2.24, 2.45) is 5.92 Å². The maximum absolute atomic E-state index is 13.8. The number of ketones is 1. The molecule has 1 aliphatic heterocycles. The van der Waals surface area contributed by atoms with Gasteiger partial charge in [0.25, 0.3) is 0 Å². The first-order valence-electron chi connectivity index (χ1n) is 8.97. The van der Waals surface area contributed by atoms with Crippen LogP contribution in [0, 0.1) is 24.5 Å². The van der Waals surface area contributed by atoms with Crippen molar-refractivity contribution in [2.45, 2.75) is 19.8 Å². The largest absolute Gasteiger partial charge is 0.339 e. The molecule has 2 aromatic rings. The fourth-order valence-corrected chi connectivity index (χ4v) is 3.31. The predicted octanol–water partition coefficient (Wildman–Crippen LogP) is 4.41. The van der Waals surface area contributed by atoms with Crippen LogP contribution in [0.3, 0.4) is 0 Å². The van der Waals surface area contributed by atoms with E-state index in [2.05, 4.69) is 0 Å². The Morgan fingerprint density at radius 2 is 1.78 bits per heavy atom. The van der Waals surface area contributed by atoms with Crippen molar-refractivity contribution in [3.63, 3.8) is 0 Å². The van der Waals surface area contributed by atoms with E-state index in [1.54, 1.807) is 17.1 Å². The zero-order valence-corrected chi connectivity index (χ0v) is 15.1. The summed E-state index contributed by atoms with van der Waals surface area (Å²) in [5, 5.41) is 0. The first-order valence-corrected chi connectivity index (χ1v) is 8.97. The van der Waals surface area contributed by atoms with Gasteiger partial charge in [0.05, 0.1) is 5.56 Å². The number of likely N-dealkylation sites (tertiary alicyclic amines) is 1. The van der Waals surface area contributed by atoms with Crippen LogP contribution in [0.25, 0.3) is 6.08 Å². The van der Waals surface area contributed by atoms with E-state index >= 15 is 0 Å². The number of hydrogen-bond acceptors (Lipinski definition) is 2. The zero-order chi connectivity index (χ0) is 19.4. The van der Waals surface area contributed by atoms with Crippen LogP contribution in [0.1, 0.15) is 34.3 Å². The first-order chi connectivity index (χ1) is 13.0. The fourth-order valence-electron chi connectivity index (χ4n) is 3.31. The molecule has 0 atom stereocenters. The van der Waals surface area contributed by atoms with Gasteiger partial charge in [-0.1, -0.05) is 24.3 Å². The molecule has 1 saturated heterocycles. The molecular formula is C22H21F2NO2. The minimum absolute atomic E-state index is 0.0828. The molecule has 5 heteroatoms. The second-order valence-corrected chi connectivity index (χ2v) is 6.78. The summed E-state index contributed by atoms with van der Waals surface area (Å²) in [7, 11) is 0. The Hall–Kier alpha value is -2.82. The third-order valence-corrected chi connectivity index (χ3v) is 4.97. The summed E-state index contributed by atoms with van der Waals surface area (Å²) in [6.45, 7) is 2.86. The van der Waals surface area contributed by atoms with E-state index in [9.17, 15) is 18.4 Å². The van der Waals surface area contributed by atoms with Gasteiger partial charge in [-0.2, -0.15) is 0 Å². The predicted molar refractivity (Wildman–Crippen MR) is 100 cm³/mol. The number of benzene rings is 2. The Bertz CT molecular complexity index is 884. The fraction of sp³-hybridized carbons (Fsp3) is 0.273. The molecule has 0 aliphatic carbocycles. The molecule has 1 amide bonds. The summed E-state index contributed by atoms with van der Waals surface area (Å²) in [6.07, 6.45) is 4.28. The van der Waals surface area contributed by atoms with Gasteiger partial charge in [-0.3, -0.25) is 9.59 Å². The van der Waals surface area contributed by atoms with Crippen LogP contribution in [0.5, 0.6) is 0 Å². The lowest BCUT2D eigenvalue weighted by atomic mass is 9.88. The molecule has 0 unspecified atom stereocenters. The third kappa shape index (κ3) is 4.48. The monoisotopic (exact) mass is 369 g/mol. The Morgan fingerprint density at radius 1 is 1.07 bits per heavy atom. The van der Waals surface area contributed by atoms with E-state index in [1.165, 1.54) is 6.07 Å². The lowest BCUT2D eigenvalue weighted by Crippen LogP contribution is -2.39. The molecule has 3 rings (SSSR count). The van der Waals surface area contributed by atoms with E-state index in [4.69, 9.17) is 0 Å². The van der Waals surface area contributed by atoms with E-state index in [0.717, 1.165) is 23.3 Å². The molecule has 27 heavy (non-hydrogen) atoms. The van der Waals surface area contributed by atoms with Crippen LogP contribution in [0.15, 0.2) is 48.5 Å². The highest BCUT2D eigenvalue weighted by molar-refractivity contribution is 5.98. The molecular weight excluding hydrogens is 348 g/mol. The summed E-state index contributed by atoms with van der Waals surface area (Å²) in [5.74, 6) is -2.31. The minimum atomic E-state index is -0.834. The number of hydrogen-bond donors (Lipinski definition) is 0. The van der Waals surface area contributed by atoms with Crippen LogP contribution in [0.2, 0.25) is 0 Å². The van der Waals surface area contributed by atoms with Gasteiger partial charge in [0.2, 0.25) is 5.91 Å². The summed E-state index contributed by atoms with van der Waals surface area (Å²) in [4.78, 5) is 26.5. The first kappa shape index (κ1) is 19.0. The van der Waals surface area contributed by atoms with E-state index in [1.807, 2.05) is 31.2 Å². The lowest BCUT2D eigenvalue weighted by Gasteiger charge is -2.30. The number of nitrogens with zero attached hydrogens (tertiary/aromatic N) is 1. The molecule has 0 aromatic heterocycles. The smallest absolute Gasteiger partial charge is 0.246 e. The SMILES string of the molecule is Cc1ccccc1C=CC(=O)N1CCC(C(=O)c2ccc(F)cc2F)CC1. The van der Waals surface area contributed by atoms with Crippen molar-refractivity contribution < 1.29 is 18.4 Å². The highest BCUT2D eigenvalue weighted by atomic mass is 19.1. The maximum Gasteiger partial charge on any atom is 0.246 e. The molecule has 0 spiro atoms. The number of aryl methyl sites for hydroxylation is 1. The van der Waals surface area contributed by atoms with Gasteiger partial charge in [0, 0.05) is 31.1 Å². The number of piperidine rings is 1. The quantitative estimate of drug-likeness (QED) is 0.591. The maximum atomic E-state index is 13.8. The van der Waals surface area contributed by atoms with Gasteiger partial charge in [-0.05, 0) is 49.1 Å². The lowest BCUT2D eigenvalue weighted by molar-refractivity contribution is -0.127. The minimum Gasteiger partial charge on any atom is -0.339 e. The normalized spacial score (nSPS) is 15.3. The van der Waals surface area contributed by atoms with Gasteiger partial charge >= 0.3 is 0 Å². The molecule has 0 radical (unpaired) electrons. The molecule has 0 saturated carbocycles. The summed E-state index contributed by atoms with van der Waals surface area (Å²) >= 11 is 0. The summed E-state index contributed by atoms with van der Waals surface area (Å²) in [6, 6.07) is 10.8.